The van der Waals surface area contributed by atoms with E-state index in [2.05, 4.69) is 15.3 Å². The quantitative estimate of drug-likeness (QED) is 0.899. The molecule has 1 fully saturated rings. The number of hydrogen-bond acceptors (Lipinski definition) is 5. The normalized spacial score (nSPS) is 17.6. The third kappa shape index (κ3) is 2.25. The third-order valence-corrected chi connectivity index (χ3v) is 3.90. The van der Waals surface area contributed by atoms with Crippen LogP contribution in [-0.4, -0.2) is 26.4 Å². The van der Waals surface area contributed by atoms with Crippen molar-refractivity contribution in [3.05, 3.63) is 30.7 Å². The van der Waals surface area contributed by atoms with Gasteiger partial charge in [0.2, 0.25) is 11.0 Å². The maximum atomic E-state index is 11.0. The van der Waals surface area contributed by atoms with Crippen LogP contribution in [0, 0.1) is 0 Å². The van der Waals surface area contributed by atoms with E-state index in [1.807, 2.05) is 29.1 Å². The van der Waals surface area contributed by atoms with Gasteiger partial charge in [-0.1, -0.05) is 23.1 Å². The molecule has 0 bridgehead atoms. The summed E-state index contributed by atoms with van der Waals surface area (Å²) in [6, 6.07) is 3.91. The fourth-order valence-electron chi connectivity index (χ4n) is 1.38. The first kappa shape index (κ1) is 10.5. The molecule has 0 aromatic carbocycles. The van der Waals surface area contributed by atoms with Crippen LogP contribution in [0.2, 0.25) is 0 Å². The predicted molar refractivity (Wildman–Crippen MR) is 69.1 cm³/mol. The molecule has 2 aromatic rings. The number of rotatable bonds is 2. The molecule has 3 rings (SSSR count). The summed E-state index contributed by atoms with van der Waals surface area (Å²) in [4.78, 5) is 19.5. The van der Waals surface area contributed by atoms with Gasteiger partial charge in [-0.3, -0.25) is 4.79 Å². The maximum Gasteiger partial charge on any atom is 0.236 e. The smallest absolute Gasteiger partial charge is 0.236 e. The molecular weight excluding hydrogens is 256 g/mol. The molecule has 1 aliphatic rings. The van der Waals surface area contributed by atoms with Gasteiger partial charge in [-0.25, -0.2) is 4.98 Å². The monoisotopic (exact) mass is 264 g/mol. The summed E-state index contributed by atoms with van der Waals surface area (Å²) in [5.74, 6) is 0.435. The molecule has 5 nitrogen and oxygen atoms in total. The van der Waals surface area contributed by atoms with Crippen LogP contribution >= 0.6 is 23.1 Å². The number of thiazole rings is 1. The molecule has 1 saturated heterocycles. The Kier molecular flexibility index (Phi) is 2.69. The van der Waals surface area contributed by atoms with Gasteiger partial charge >= 0.3 is 0 Å². The first-order chi connectivity index (χ1) is 8.31. The van der Waals surface area contributed by atoms with E-state index in [9.17, 15) is 4.79 Å². The van der Waals surface area contributed by atoms with E-state index >= 15 is 0 Å². The number of thioether (sulfide) groups is 1. The zero-order chi connectivity index (χ0) is 11.7. The summed E-state index contributed by atoms with van der Waals surface area (Å²) in [5, 5.41) is 4.96. The highest BCUT2D eigenvalue weighted by atomic mass is 32.2. The van der Waals surface area contributed by atoms with Gasteiger partial charge in [0.1, 0.15) is 5.00 Å². The summed E-state index contributed by atoms with van der Waals surface area (Å²) in [6.45, 7) is 0. The maximum absolute atomic E-state index is 11.0. The lowest BCUT2D eigenvalue weighted by Crippen LogP contribution is -2.19. The first-order valence-corrected chi connectivity index (χ1v) is 6.72. The number of amides is 1. The van der Waals surface area contributed by atoms with Crippen molar-refractivity contribution in [2.45, 2.75) is 0 Å². The van der Waals surface area contributed by atoms with E-state index < -0.39 is 0 Å². The Morgan fingerprint density at radius 3 is 2.94 bits per heavy atom. The topological polar surface area (TPSA) is 59.3 Å². The molecule has 0 saturated carbocycles. The average molecular weight is 264 g/mol. The molecule has 0 radical (unpaired) electrons. The molecule has 1 aliphatic heterocycles. The van der Waals surface area contributed by atoms with Gasteiger partial charge in [-0.15, -0.1) is 0 Å². The van der Waals surface area contributed by atoms with Crippen molar-refractivity contribution in [3.63, 3.8) is 0 Å². The van der Waals surface area contributed by atoms with Crippen molar-refractivity contribution in [1.29, 1.82) is 0 Å². The van der Waals surface area contributed by atoms with Crippen molar-refractivity contribution in [2.75, 3.05) is 5.75 Å². The Morgan fingerprint density at radius 2 is 2.24 bits per heavy atom. The number of carbonyl (C=O) groups is 1. The Hall–Kier alpha value is -1.60. The Labute approximate surface area is 106 Å². The number of aromatic nitrogens is 2. The zero-order valence-corrected chi connectivity index (χ0v) is 10.3. The van der Waals surface area contributed by atoms with E-state index in [0.717, 1.165) is 5.00 Å². The Balaban J connectivity index is 1.84. The van der Waals surface area contributed by atoms with Gasteiger partial charge in [-0.2, -0.15) is 4.99 Å². The predicted octanol–water partition coefficient (Wildman–Crippen LogP) is 1.78. The van der Waals surface area contributed by atoms with Crippen molar-refractivity contribution in [1.82, 2.24) is 14.9 Å². The van der Waals surface area contributed by atoms with Gasteiger partial charge in [0.25, 0.3) is 0 Å². The summed E-state index contributed by atoms with van der Waals surface area (Å²) >= 11 is 2.88. The minimum atomic E-state index is -0.00376. The van der Waals surface area contributed by atoms with Gasteiger partial charge in [0.05, 0.1) is 11.9 Å². The fourth-order valence-corrected chi connectivity index (χ4v) is 2.88. The standard InChI is InChI=1S/C10H8N4OS2/c15-7-6-16-10(12-7)13-9-11-5-8(17-9)14-3-1-2-4-14/h1-5H,6H2,(H,11,12,13,15). The van der Waals surface area contributed by atoms with E-state index in [0.29, 0.717) is 16.1 Å². The number of nitrogens with one attached hydrogen (secondary N) is 1. The Bertz CT molecular complexity index is 573. The lowest BCUT2D eigenvalue weighted by atomic mass is 10.7. The van der Waals surface area contributed by atoms with Crippen LogP contribution in [0.5, 0.6) is 0 Å². The molecule has 2 aromatic heterocycles. The van der Waals surface area contributed by atoms with Crippen LogP contribution in [0.1, 0.15) is 0 Å². The zero-order valence-electron chi connectivity index (χ0n) is 8.66. The van der Waals surface area contributed by atoms with E-state index in [4.69, 9.17) is 0 Å². The fraction of sp³-hybridized carbons (Fsp3) is 0.100. The number of hydrogen-bond donors (Lipinski definition) is 1. The molecule has 86 valence electrons. The van der Waals surface area contributed by atoms with E-state index in [1.54, 1.807) is 6.20 Å². The number of carbonyl (C=O) groups excluding carboxylic acids is 1. The van der Waals surface area contributed by atoms with Gasteiger partial charge in [0.15, 0.2) is 5.17 Å². The Morgan fingerprint density at radius 1 is 1.41 bits per heavy atom. The largest absolute Gasteiger partial charge is 0.314 e. The molecule has 1 N–H and O–H groups in total. The summed E-state index contributed by atoms with van der Waals surface area (Å²) < 4.78 is 1.97. The molecular formula is C10H8N4OS2. The van der Waals surface area contributed by atoms with Crippen LogP contribution in [0.25, 0.3) is 5.00 Å². The highest BCUT2D eigenvalue weighted by Crippen LogP contribution is 2.26. The second-order valence-corrected chi connectivity index (χ2v) is 5.28. The molecule has 0 unspecified atom stereocenters. The summed E-state index contributed by atoms with van der Waals surface area (Å²) in [7, 11) is 0. The van der Waals surface area contributed by atoms with Gasteiger partial charge in [-0.05, 0) is 12.1 Å². The van der Waals surface area contributed by atoms with E-state index in [-0.39, 0.29) is 5.91 Å². The van der Waals surface area contributed by atoms with Crippen molar-refractivity contribution in [2.24, 2.45) is 4.99 Å². The minimum Gasteiger partial charge on any atom is -0.314 e. The molecule has 17 heavy (non-hydrogen) atoms. The first-order valence-electron chi connectivity index (χ1n) is 4.92. The molecule has 0 spiro atoms. The molecule has 7 heteroatoms. The minimum absolute atomic E-state index is 0.00376. The average Bonchev–Trinajstić information content (AvgIpc) is 3.00. The SMILES string of the molecule is O=C1CSC(=Nc2ncc(-n3cccc3)s2)N1. The lowest BCUT2D eigenvalue weighted by molar-refractivity contribution is -0.116. The second kappa shape index (κ2) is 4.34. The third-order valence-electron chi connectivity index (χ3n) is 2.12. The van der Waals surface area contributed by atoms with Crippen LogP contribution in [0.3, 0.4) is 0 Å². The van der Waals surface area contributed by atoms with Crippen molar-refractivity contribution >= 4 is 39.3 Å². The van der Waals surface area contributed by atoms with Gasteiger partial charge < -0.3 is 9.88 Å². The number of amidine groups is 1. The number of aliphatic imine (C=N–C) groups is 1. The highest BCUT2D eigenvalue weighted by Gasteiger charge is 2.17. The molecule has 0 atom stereocenters. The van der Waals surface area contributed by atoms with Crippen LogP contribution in [0.4, 0.5) is 5.13 Å². The lowest BCUT2D eigenvalue weighted by Gasteiger charge is -1.94. The van der Waals surface area contributed by atoms with Crippen molar-refractivity contribution < 1.29 is 4.79 Å². The number of nitrogens with zero attached hydrogens (tertiary/aromatic N) is 3. The van der Waals surface area contributed by atoms with Crippen LogP contribution in [-0.2, 0) is 4.79 Å². The highest BCUT2D eigenvalue weighted by molar-refractivity contribution is 8.15. The summed E-state index contributed by atoms with van der Waals surface area (Å²) in [5.41, 5.74) is 0. The molecule has 1 amide bonds. The summed E-state index contributed by atoms with van der Waals surface area (Å²) in [6.07, 6.45) is 5.68. The second-order valence-electron chi connectivity index (χ2n) is 3.33. The van der Waals surface area contributed by atoms with Crippen LogP contribution in [0.15, 0.2) is 35.7 Å². The molecule has 0 aliphatic carbocycles. The van der Waals surface area contributed by atoms with Gasteiger partial charge in [0, 0.05) is 12.4 Å². The van der Waals surface area contributed by atoms with E-state index in [1.165, 1.54) is 23.1 Å². The van der Waals surface area contributed by atoms with Crippen LogP contribution < -0.4 is 5.32 Å². The van der Waals surface area contributed by atoms with Crippen molar-refractivity contribution in [3.8, 4) is 5.00 Å². The molecule has 3 heterocycles.